The number of hydrogen-bond acceptors (Lipinski definition) is 5. The maximum atomic E-state index is 6.29. The van der Waals surface area contributed by atoms with Crippen molar-refractivity contribution in [2.45, 2.75) is 45.8 Å². The van der Waals surface area contributed by atoms with Gasteiger partial charge in [0.1, 0.15) is 0 Å². The fourth-order valence-electron chi connectivity index (χ4n) is 4.61. The van der Waals surface area contributed by atoms with E-state index in [4.69, 9.17) is 14.3 Å². The number of fused-ring (bicyclic) bond motifs is 3. The van der Waals surface area contributed by atoms with Crippen LogP contribution in [0.2, 0.25) is 0 Å². The Kier molecular flexibility index (Phi) is 4.55. The monoisotopic (exact) mass is 405 g/mol. The first-order valence-corrected chi connectivity index (χ1v) is 11.1. The predicted molar refractivity (Wildman–Crippen MR) is 124 cm³/mol. The predicted octanol–water partition coefficient (Wildman–Crippen LogP) is 3.24. The molecule has 1 aliphatic carbocycles. The number of aliphatic imine (C=N–C) groups is 1. The van der Waals surface area contributed by atoms with Gasteiger partial charge in [-0.25, -0.2) is 0 Å². The van der Waals surface area contributed by atoms with Crippen LogP contribution in [0.5, 0.6) is 0 Å². The number of hydrogen-bond donors (Lipinski definition) is 0. The minimum atomic E-state index is -0.349. The van der Waals surface area contributed by atoms with Crippen molar-refractivity contribution in [2.75, 3.05) is 33.2 Å². The molecule has 1 aromatic rings. The number of piperazine rings is 1. The molecule has 0 N–H and O–H groups in total. The molecule has 0 saturated carbocycles. The molecule has 1 unspecified atom stereocenters. The number of benzene rings is 1. The Bertz CT molecular complexity index is 955. The van der Waals surface area contributed by atoms with E-state index in [1.165, 1.54) is 22.5 Å². The molecule has 0 aromatic heterocycles. The van der Waals surface area contributed by atoms with E-state index in [1.807, 2.05) is 0 Å². The Morgan fingerprint density at radius 3 is 2.37 bits per heavy atom. The van der Waals surface area contributed by atoms with Gasteiger partial charge in [0.15, 0.2) is 0 Å². The Morgan fingerprint density at radius 1 is 1.03 bits per heavy atom. The normalized spacial score (nSPS) is 27.4. The SMILES string of the molecule is CC1C=C(N2CCN(C)CC2)C=C2C1=Nc1ccc(B3OC(C)(C)C(C)(C)O3)cc12. The van der Waals surface area contributed by atoms with Crippen molar-refractivity contribution in [2.24, 2.45) is 10.9 Å². The first-order valence-electron chi connectivity index (χ1n) is 11.1. The van der Waals surface area contributed by atoms with E-state index in [0.29, 0.717) is 5.92 Å². The summed E-state index contributed by atoms with van der Waals surface area (Å²) in [5.41, 5.74) is 6.40. The molecule has 1 atom stereocenters. The minimum absolute atomic E-state index is 0.312. The topological polar surface area (TPSA) is 37.3 Å². The fraction of sp³-hybridized carbons (Fsp3) is 0.542. The summed E-state index contributed by atoms with van der Waals surface area (Å²) in [4.78, 5) is 9.87. The number of likely N-dealkylation sites (N-methyl/N-ethyl adjacent to an activating group) is 1. The highest BCUT2D eigenvalue weighted by molar-refractivity contribution is 6.62. The lowest BCUT2D eigenvalue weighted by molar-refractivity contribution is 0.00578. The van der Waals surface area contributed by atoms with E-state index in [9.17, 15) is 0 Å². The number of rotatable bonds is 2. The molecule has 0 bridgehead atoms. The largest absolute Gasteiger partial charge is 0.494 e. The maximum absolute atomic E-state index is 6.29. The van der Waals surface area contributed by atoms with Crippen LogP contribution < -0.4 is 5.46 Å². The van der Waals surface area contributed by atoms with E-state index in [0.717, 1.165) is 37.3 Å². The van der Waals surface area contributed by atoms with E-state index in [2.05, 4.69) is 81.8 Å². The second-order valence-electron chi connectivity index (χ2n) is 10.1. The maximum Gasteiger partial charge on any atom is 0.494 e. The van der Waals surface area contributed by atoms with Crippen molar-refractivity contribution in [1.82, 2.24) is 9.80 Å². The van der Waals surface area contributed by atoms with Crippen LogP contribution in [0.15, 0.2) is 41.0 Å². The third-order valence-corrected chi connectivity index (χ3v) is 7.37. The molecule has 1 aromatic carbocycles. The van der Waals surface area contributed by atoms with Gasteiger partial charge in [-0.1, -0.05) is 25.1 Å². The summed E-state index contributed by atoms with van der Waals surface area (Å²) in [7, 11) is 1.85. The molecule has 0 amide bonds. The van der Waals surface area contributed by atoms with Gasteiger partial charge in [0.25, 0.3) is 0 Å². The highest BCUT2D eigenvalue weighted by atomic mass is 16.7. The van der Waals surface area contributed by atoms with Gasteiger partial charge in [-0.15, -0.1) is 0 Å². The zero-order valence-corrected chi connectivity index (χ0v) is 19.0. The molecule has 6 heteroatoms. The highest BCUT2D eigenvalue weighted by Gasteiger charge is 2.51. The molecule has 5 nitrogen and oxygen atoms in total. The zero-order valence-electron chi connectivity index (χ0n) is 19.0. The fourth-order valence-corrected chi connectivity index (χ4v) is 4.61. The van der Waals surface area contributed by atoms with E-state index >= 15 is 0 Å². The molecule has 158 valence electrons. The smallest absolute Gasteiger partial charge is 0.399 e. The molecule has 3 heterocycles. The van der Waals surface area contributed by atoms with Crippen LogP contribution in [-0.2, 0) is 9.31 Å². The van der Waals surface area contributed by atoms with E-state index < -0.39 is 0 Å². The molecule has 5 rings (SSSR count). The molecule has 30 heavy (non-hydrogen) atoms. The van der Waals surface area contributed by atoms with Crippen molar-refractivity contribution < 1.29 is 9.31 Å². The molecule has 0 radical (unpaired) electrons. The third-order valence-electron chi connectivity index (χ3n) is 7.37. The lowest BCUT2D eigenvalue weighted by atomic mass is 9.77. The van der Waals surface area contributed by atoms with Gasteiger partial charge in [0, 0.05) is 48.9 Å². The molecule has 2 fully saturated rings. The van der Waals surface area contributed by atoms with Gasteiger partial charge < -0.3 is 19.1 Å². The Balaban J connectivity index is 1.46. The van der Waals surface area contributed by atoms with Crippen LogP contribution in [0, 0.1) is 5.92 Å². The number of allylic oxidation sites excluding steroid dienone is 3. The summed E-state index contributed by atoms with van der Waals surface area (Å²) < 4.78 is 12.6. The third kappa shape index (κ3) is 3.17. The van der Waals surface area contributed by atoms with Crippen molar-refractivity contribution in [3.63, 3.8) is 0 Å². The lowest BCUT2D eigenvalue weighted by Gasteiger charge is -2.36. The summed E-state index contributed by atoms with van der Waals surface area (Å²) in [6.45, 7) is 15.0. The van der Waals surface area contributed by atoms with E-state index in [1.54, 1.807) is 0 Å². The van der Waals surface area contributed by atoms with E-state index in [-0.39, 0.29) is 18.3 Å². The summed E-state index contributed by atoms with van der Waals surface area (Å²) in [5, 5.41) is 0. The van der Waals surface area contributed by atoms with Gasteiger partial charge in [0.05, 0.1) is 22.6 Å². The van der Waals surface area contributed by atoms with Gasteiger partial charge in [-0.05, 0) is 52.3 Å². The van der Waals surface area contributed by atoms with Crippen LogP contribution in [0.25, 0.3) is 5.57 Å². The number of nitrogens with zero attached hydrogens (tertiary/aromatic N) is 3. The minimum Gasteiger partial charge on any atom is -0.399 e. The molecular weight excluding hydrogens is 373 g/mol. The van der Waals surface area contributed by atoms with Gasteiger partial charge >= 0.3 is 7.12 Å². The first-order chi connectivity index (χ1) is 14.1. The van der Waals surface area contributed by atoms with Crippen molar-refractivity contribution >= 4 is 29.6 Å². The van der Waals surface area contributed by atoms with Crippen LogP contribution in [0.4, 0.5) is 5.69 Å². The quantitative estimate of drug-likeness (QED) is 0.709. The second kappa shape index (κ2) is 6.81. The standard InChI is InChI=1S/C24H32BN3O2/c1-16-13-18(28-11-9-27(6)10-12-28)15-20-19-14-17(7-8-21(19)26-22(16)20)25-29-23(2,3)24(4,5)30-25/h7-8,13-16H,9-12H2,1-6H3. The summed E-state index contributed by atoms with van der Waals surface area (Å²) in [5.74, 6) is 0.312. The molecule has 4 aliphatic rings. The average Bonchev–Trinajstić information content (AvgIpc) is 3.16. The molecular formula is C24H32BN3O2. The first kappa shape index (κ1) is 20.0. The van der Waals surface area contributed by atoms with Crippen molar-refractivity contribution in [1.29, 1.82) is 0 Å². The second-order valence-corrected chi connectivity index (χ2v) is 10.1. The van der Waals surface area contributed by atoms with Crippen molar-refractivity contribution in [3.8, 4) is 0 Å². The average molecular weight is 405 g/mol. The van der Waals surface area contributed by atoms with Crippen LogP contribution in [0.3, 0.4) is 0 Å². The van der Waals surface area contributed by atoms with Crippen LogP contribution >= 0.6 is 0 Å². The Hall–Kier alpha value is -1.89. The molecule has 3 aliphatic heterocycles. The molecule has 2 saturated heterocycles. The Morgan fingerprint density at radius 2 is 1.70 bits per heavy atom. The van der Waals surface area contributed by atoms with Gasteiger partial charge in [-0.2, -0.15) is 0 Å². The van der Waals surface area contributed by atoms with Gasteiger partial charge in [-0.3, -0.25) is 4.99 Å². The van der Waals surface area contributed by atoms with Crippen molar-refractivity contribution in [3.05, 3.63) is 41.6 Å². The summed E-state index contributed by atoms with van der Waals surface area (Å²) >= 11 is 0. The van der Waals surface area contributed by atoms with Crippen LogP contribution in [-0.4, -0.2) is 67.1 Å². The van der Waals surface area contributed by atoms with Gasteiger partial charge in [0.2, 0.25) is 0 Å². The highest BCUT2D eigenvalue weighted by Crippen LogP contribution is 2.41. The zero-order chi connectivity index (χ0) is 21.3. The summed E-state index contributed by atoms with van der Waals surface area (Å²) in [6.07, 6.45) is 4.71. The molecule has 0 spiro atoms. The Labute approximate surface area is 180 Å². The summed E-state index contributed by atoms with van der Waals surface area (Å²) in [6, 6.07) is 6.44. The lowest BCUT2D eigenvalue weighted by Crippen LogP contribution is -2.44. The van der Waals surface area contributed by atoms with Crippen LogP contribution in [0.1, 0.15) is 40.2 Å².